The number of aromatic nitrogens is 4. The molecule has 3 heterocycles. The van der Waals surface area contributed by atoms with Crippen LogP contribution < -0.4 is 5.32 Å². The summed E-state index contributed by atoms with van der Waals surface area (Å²) in [5.74, 6) is 0.449. The van der Waals surface area contributed by atoms with Crippen LogP contribution in [-0.2, 0) is 11.8 Å². The fraction of sp³-hybridized carbons (Fsp3) is 0.462. The topological polar surface area (TPSA) is 74.0 Å². The Morgan fingerprint density at radius 2 is 2.45 bits per heavy atom. The number of hydrogen-bond acceptors (Lipinski definition) is 5. The lowest BCUT2D eigenvalue weighted by molar-refractivity contribution is 0.0518. The molecule has 2 aromatic heterocycles. The zero-order valence-electron chi connectivity index (χ0n) is 11.5. The third kappa shape index (κ3) is 2.04. The minimum absolute atomic E-state index is 0.0851. The maximum atomic E-state index is 11.8. The highest BCUT2D eigenvalue weighted by atomic mass is 16.5. The molecule has 1 unspecified atom stereocenters. The maximum Gasteiger partial charge on any atom is 0.358 e. The Bertz CT molecular complexity index is 630. The molecule has 1 aliphatic heterocycles. The Labute approximate surface area is 116 Å². The van der Waals surface area contributed by atoms with Gasteiger partial charge in [0.05, 0.1) is 18.3 Å². The standard InChI is InChI=1S/C13H17N5O2/c1-3-20-13(19)9-8-12-14-6-4-11(18(12)16-9)10-5-7-15-17(10)2/h5,7-8,11,14H,3-4,6H2,1-2H3. The highest BCUT2D eigenvalue weighted by molar-refractivity contribution is 5.88. The van der Waals surface area contributed by atoms with E-state index in [1.807, 2.05) is 22.5 Å². The molecule has 1 atom stereocenters. The average molecular weight is 275 g/mol. The molecule has 0 saturated heterocycles. The molecule has 0 aromatic carbocycles. The number of anilines is 1. The molecule has 0 saturated carbocycles. The van der Waals surface area contributed by atoms with Crippen LogP contribution in [0.5, 0.6) is 0 Å². The number of aryl methyl sites for hydroxylation is 1. The summed E-state index contributed by atoms with van der Waals surface area (Å²) in [4.78, 5) is 11.8. The molecule has 0 radical (unpaired) electrons. The van der Waals surface area contributed by atoms with Gasteiger partial charge in [-0.3, -0.25) is 4.68 Å². The SMILES string of the molecule is CCOC(=O)c1cc2n(n1)C(c1ccnn1C)CCN2. The first-order valence-corrected chi connectivity index (χ1v) is 6.69. The molecule has 0 aliphatic carbocycles. The minimum Gasteiger partial charge on any atom is -0.461 e. The van der Waals surface area contributed by atoms with Crippen molar-refractivity contribution in [3.05, 3.63) is 29.7 Å². The monoisotopic (exact) mass is 275 g/mol. The zero-order chi connectivity index (χ0) is 14.1. The first-order valence-electron chi connectivity index (χ1n) is 6.69. The van der Waals surface area contributed by atoms with Gasteiger partial charge in [-0.05, 0) is 19.4 Å². The van der Waals surface area contributed by atoms with Gasteiger partial charge in [-0.25, -0.2) is 9.48 Å². The minimum atomic E-state index is -0.389. The second kappa shape index (κ2) is 4.99. The van der Waals surface area contributed by atoms with Gasteiger partial charge in [0.2, 0.25) is 0 Å². The number of ether oxygens (including phenoxy) is 1. The summed E-state index contributed by atoms with van der Waals surface area (Å²) in [6.45, 7) is 2.97. The molecular weight excluding hydrogens is 258 g/mol. The van der Waals surface area contributed by atoms with Crippen molar-refractivity contribution in [3.63, 3.8) is 0 Å². The van der Waals surface area contributed by atoms with Gasteiger partial charge in [0.15, 0.2) is 5.69 Å². The van der Waals surface area contributed by atoms with E-state index in [-0.39, 0.29) is 12.0 Å². The van der Waals surface area contributed by atoms with Gasteiger partial charge in [0, 0.05) is 25.9 Å². The number of hydrogen-bond donors (Lipinski definition) is 1. The molecule has 1 N–H and O–H groups in total. The molecule has 106 valence electrons. The van der Waals surface area contributed by atoms with Crippen LogP contribution in [0.25, 0.3) is 0 Å². The second-order valence-electron chi connectivity index (χ2n) is 4.69. The van der Waals surface area contributed by atoms with E-state index in [9.17, 15) is 4.79 Å². The van der Waals surface area contributed by atoms with Gasteiger partial charge in [-0.2, -0.15) is 10.2 Å². The quantitative estimate of drug-likeness (QED) is 0.852. The van der Waals surface area contributed by atoms with E-state index in [2.05, 4.69) is 15.5 Å². The highest BCUT2D eigenvalue weighted by Gasteiger charge is 2.27. The van der Waals surface area contributed by atoms with E-state index >= 15 is 0 Å². The van der Waals surface area contributed by atoms with Gasteiger partial charge < -0.3 is 10.1 Å². The lowest BCUT2D eigenvalue weighted by atomic mass is 10.1. The molecule has 7 heteroatoms. The van der Waals surface area contributed by atoms with E-state index in [0.717, 1.165) is 24.5 Å². The number of fused-ring (bicyclic) bond motifs is 1. The predicted octanol–water partition coefficient (Wildman–Crippen LogP) is 1.20. The Morgan fingerprint density at radius 3 is 3.15 bits per heavy atom. The van der Waals surface area contributed by atoms with E-state index in [1.165, 1.54) is 0 Å². The van der Waals surface area contributed by atoms with Crippen LogP contribution in [0, 0.1) is 0 Å². The molecule has 0 amide bonds. The summed E-state index contributed by atoms with van der Waals surface area (Å²) in [6.07, 6.45) is 2.67. The first-order chi connectivity index (χ1) is 9.70. The lowest BCUT2D eigenvalue weighted by Crippen LogP contribution is -2.26. The number of carbonyl (C=O) groups excluding carboxylic acids is 1. The van der Waals surface area contributed by atoms with E-state index in [0.29, 0.717) is 12.3 Å². The van der Waals surface area contributed by atoms with Crippen molar-refractivity contribution in [1.29, 1.82) is 0 Å². The summed E-state index contributed by atoms with van der Waals surface area (Å²) in [7, 11) is 1.91. The fourth-order valence-electron chi connectivity index (χ4n) is 2.51. The molecule has 1 aliphatic rings. The number of rotatable bonds is 3. The van der Waals surface area contributed by atoms with Crippen LogP contribution >= 0.6 is 0 Å². The highest BCUT2D eigenvalue weighted by Crippen LogP contribution is 2.29. The summed E-state index contributed by atoms with van der Waals surface area (Å²) in [5.41, 5.74) is 1.41. The van der Waals surface area contributed by atoms with E-state index in [4.69, 9.17) is 4.74 Å². The van der Waals surface area contributed by atoms with Crippen molar-refractivity contribution in [3.8, 4) is 0 Å². The number of carbonyl (C=O) groups is 1. The molecular formula is C13H17N5O2. The van der Waals surface area contributed by atoms with Crippen molar-refractivity contribution in [2.45, 2.75) is 19.4 Å². The first kappa shape index (κ1) is 12.7. The van der Waals surface area contributed by atoms with E-state index in [1.54, 1.807) is 19.2 Å². The summed E-state index contributed by atoms with van der Waals surface area (Å²) >= 11 is 0. The van der Waals surface area contributed by atoms with E-state index < -0.39 is 0 Å². The smallest absolute Gasteiger partial charge is 0.358 e. The summed E-state index contributed by atoms with van der Waals surface area (Å²) < 4.78 is 8.67. The summed E-state index contributed by atoms with van der Waals surface area (Å²) in [5, 5.41) is 11.8. The third-order valence-corrected chi connectivity index (χ3v) is 3.44. The largest absolute Gasteiger partial charge is 0.461 e. The van der Waals surface area contributed by atoms with Crippen LogP contribution in [0.2, 0.25) is 0 Å². The van der Waals surface area contributed by atoms with Crippen LogP contribution in [0.4, 0.5) is 5.82 Å². The Morgan fingerprint density at radius 1 is 1.60 bits per heavy atom. The van der Waals surface area contributed by atoms with Gasteiger partial charge >= 0.3 is 5.97 Å². The van der Waals surface area contributed by atoms with Crippen molar-refractivity contribution >= 4 is 11.8 Å². The molecule has 7 nitrogen and oxygen atoms in total. The number of nitrogens with zero attached hydrogens (tertiary/aromatic N) is 4. The Kier molecular flexibility index (Phi) is 3.17. The number of nitrogens with one attached hydrogen (secondary N) is 1. The molecule has 0 spiro atoms. The van der Waals surface area contributed by atoms with Crippen molar-refractivity contribution in [1.82, 2.24) is 19.6 Å². The van der Waals surface area contributed by atoms with Crippen LogP contribution in [0.3, 0.4) is 0 Å². The fourth-order valence-corrected chi connectivity index (χ4v) is 2.51. The summed E-state index contributed by atoms with van der Waals surface area (Å²) in [6, 6.07) is 3.80. The molecule has 3 rings (SSSR count). The second-order valence-corrected chi connectivity index (χ2v) is 4.69. The third-order valence-electron chi connectivity index (χ3n) is 3.44. The van der Waals surface area contributed by atoms with Gasteiger partial charge in [0.1, 0.15) is 5.82 Å². The molecule has 20 heavy (non-hydrogen) atoms. The molecule has 0 fully saturated rings. The van der Waals surface area contributed by atoms with Crippen molar-refractivity contribution in [2.75, 3.05) is 18.5 Å². The molecule has 2 aromatic rings. The number of esters is 1. The Balaban J connectivity index is 1.97. The normalized spacial score (nSPS) is 17.4. The van der Waals surface area contributed by atoms with Crippen molar-refractivity contribution < 1.29 is 9.53 Å². The maximum absolute atomic E-state index is 11.8. The predicted molar refractivity (Wildman–Crippen MR) is 72.6 cm³/mol. The van der Waals surface area contributed by atoms with Gasteiger partial charge in [-0.15, -0.1) is 0 Å². The average Bonchev–Trinajstić information content (AvgIpc) is 3.04. The van der Waals surface area contributed by atoms with Crippen LogP contribution in [0.1, 0.15) is 35.6 Å². The van der Waals surface area contributed by atoms with Crippen molar-refractivity contribution in [2.24, 2.45) is 7.05 Å². The zero-order valence-corrected chi connectivity index (χ0v) is 11.5. The van der Waals surface area contributed by atoms with Gasteiger partial charge in [-0.1, -0.05) is 0 Å². The van der Waals surface area contributed by atoms with Crippen LogP contribution in [-0.4, -0.2) is 38.7 Å². The lowest BCUT2D eigenvalue weighted by Gasteiger charge is -2.25. The van der Waals surface area contributed by atoms with Crippen LogP contribution in [0.15, 0.2) is 18.3 Å². The van der Waals surface area contributed by atoms with Gasteiger partial charge in [0.25, 0.3) is 0 Å². The molecule has 0 bridgehead atoms. The Hall–Kier alpha value is -2.31.